The van der Waals surface area contributed by atoms with E-state index in [1.54, 1.807) is 6.08 Å². The minimum absolute atomic E-state index is 0.00788. The molecule has 0 atom stereocenters. The summed E-state index contributed by atoms with van der Waals surface area (Å²) in [7, 11) is 3.85. The normalized spacial score (nSPS) is 14.8. The second-order valence-electron chi connectivity index (χ2n) is 5.77. The van der Waals surface area contributed by atoms with Gasteiger partial charge in [0.25, 0.3) is 0 Å². The summed E-state index contributed by atoms with van der Waals surface area (Å²) in [6.07, 6.45) is 1.55. The van der Waals surface area contributed by atoms with E-state index in [9.17, 15) is 14.4 Å². The molecule has 0 saturated carbocycles. The highest BCUT2D eigenvalue weighted by Gasteiger charge is 2.33. The van der Waals surface area contributed by atoms with Gasteiger partial charge in [0, 0.05) is 30.9 Å². The molecule has 0 saturated heterocycles. The van der Waals surface area contributed by atoms with Gasteiger partial charge in [-0.3, -0.25) is 9.59 Å². The van der Waals surface area contributed by atoms with Crippen LogP contribution in [-0.4, -0.2) is 36.7 Å². The van der Waals surface area contributed by atoms with E-state index in [0.717, 1.165) is 11.3 Å². The van der Waals surface area contributed by atoms with Crippen molar-refractivity contribution in [1.29, 1.82) is 0 Å². The Kier molecular flexibility index (Phi) is 3.77. The molecule has 1 aliphatic carbocycles. The first-order valence-corrected chi connectivity index (χ1v) is 7.34. The fourth-order valence-corrected chi connectivity index (χ4v) is 2.62. The van der Waals surface area contributed by atoms with Crippen LogP contribution in [-0.2, 0) is 0 Å². The molecular formula is C19H15NO4. The van der Waals surface area contributed by atoms with Crippen molar-refractivity contribution in [3.05, 3.63) is 70.3 Å². The van der Waals surface area contributed by atoms with Crippen LogP contribution in [0.3, 0.4) is 0 Å². The molecule has 0 aliphatic heterocycles. The molecule has 2 aromatic rings. The standard InChI is InChI=1S/C19H15NO4/c1-20(2)13-6-3-11(4-7-13)9-16-17(21)14-8-5-12(19(23)24)10-15(14)18(16)22/h3-10H,1-2H3,(H,23,24). The zero-order valence-corrected chi connectivity index (χ0v) is 13.2. The number of carboxylic acids is 1. The first-order valence-electron chi connectivity index (χ1n) is 7.34. The number of hydrogen-bond acceptors (Lipinski definition) is 4. The van der Waals surface area contributed by atoms with E-state index in [1.807, 2.05) is 43.3 Å². The maximum absolute atomic E-state index is 12.5. The van der Waals surface area contributed by atoms with Crippen LogP contribution in [0.25, 0.3) is 6.08 Å². The molecule has 0 amide bonds. The van der Waals surface area contributed by atoms with Gasteiger partial charge >= 0.3 is 5.97 Å². The lowest BCUT2D eigenvalue weighted by Crippen LogP contribution is -2.08. The molecule has 0 bridgehead atoms. The third-order valence-corrected chi connectivity index (χ3v) is 3.97. The van der Waals surface area contributed by atoms with Crippen LogP contribution in [0.1, 0.15) is 36.6 Å². The maximum Gasteiger partial charge on any atom is 0.335 e. The van der Waals surface area contributed by atoms with Gasteiger partial charge in [-0.05, 0) is 42.0 Å². The molecule has 24 heavy (non-hydrogen) atoms. The quantitative estimate of drug-likeness (QED) is 0.695. The van der Waals surface area contributed by atoms with Crippen LogP contribution in [0.5, 0.6) is 0 Å². The third kappa shape index (κ3) is 2.60. The lowest BCUT2D eigenvalue weighted by atomic mass is 10.1. The smallest absolute Gasteiger partial charge is 0.335 e. The number of carboxylic acid groups (broad SMARTS) is 1. The van der Waals surface area contributed by atoms with Gasteiger partial charge in [0.2, 0.25) is 0 Å². The Hall–Kier alpha value is -3.21. The highest BCUT2D eigenvalue weighted by atomic mass is 16.4. The van der Waals surface area contributed by atoms with Gasteiger partial charge in [0.05, 0.1) is 11.1 Å². The van der Waals surface area contributed by atoms with Crippen molar-refractivity contribution in [3.8, 4) is 0 Å². The molecule has 2 aromatic carbocycles. The number of aromatic carboxylic acids is 1. The Balaban J connectivity index is 1.99. The summed E-state index contributed by atoms with van der Waals surface area (Å²) < 4.78 is 0. The number of fused-ring (bicyclic) bond motifs is 1. The summed E-state index contributed by atoms with van der Waals surface area (Å²) in [4.78, 5) is 37.9. The minimum atomic E-state index is -1.13. The van der Waals surface area contributed by atoms with Crippen LogP contribution in [0.15, 0.2) is 48.0 Å². The highest BCUT2D eigenvalue weighted by Crippen LogP contribution is 2.29. The first-order chi connectivity index (χ1) is 11.4. The van der Waals surface area contributed by atoms with Crippen LogP contribution < -0.4 is 4.90 Å². The molecule has 0 radical (unpaired) electrons. The third-order valence-electron chi connectivity index (χ3n) is 3.97. The van der Waals surface area contributed by atoms with Crippen molar-refractivity contribution >= 4 is 29.3 Å². The van der Waals surface area contributed by atoms with E-state index in [-0.39, 0.29) is 28.0 Å². The number of allylic oxidation sites excluding steroid dienone is 1. The van der Waals surface area contributed by atoms with Crippen molar-refractivity contribution in [2.75, 3.05) is 19.0 Å². The molecule has 3 rings (SSSR count). The molecule has 0 heterocycles. The molecule has 0 spiro atoms. The van der Waals surface area contributed by atoms with Gasteiger partial charge in [0.1, 0.15) is 0 Å². The Labute approximate surface area is 138 Å². The predicted octanol–water partition coefficient (Wildman–Crippen LogP) is 2.91. The molecule has 0 fully saturated rings. The zero-order valence-electron chi connectivity index (χ0n) is 13.2. The Morgan fingerprint density at radius 2 is 1.58 bits per heavy atom. The lowest BCUT2D eigenvalue weighted by molar-refractivity contribution is 0.0696. The average Bonchev–Trinajstić information content (AvgIpc) is 2.80. The number of carbonyl (C=O) groups is 3. The summed E-state index contributed by atoms with van der Waals surface area (Å²) in [5, 5.41) is 9.03. The van der Waals surface area contributed by atoms with Gasteiger partial charge in [-0.1, -0.05) is 12.1 Å². The Morgan fingerprint density at radius 3 is 2.17 bits per heavy atom. The van der Waals surface area contributed by atoms with Gasteiger partial charge in [-0.2, -0.15) is 0 Å². The molecule has 1 aliphatic rings. The van der Waals surface area contributed by atoms with E-state index in [1.165, 1.54) is 18.2 Å². The summed E-state index contributed by atoms with van der Waals surface area (Å²) in [6.45, 7) is 0. The number of rotatable bonds is 3. The number of Topliss-reactive ketones (excluding diaryl/α,β-unsaturated/α-hetero) is 2. The zero-order chi connectivity index (χ0) is 17.4. The second kappa shape index (κ2) is 5.77. The fraction of sp³-hybridized carbons (Fsp3) is 0.105. The maximum atomic E-state index is 12.5. The monoisotopic (exact) mass is 321 g/mol. The summed E-state index contributed by atoms with van der Waals surface area (Å²) >= 11 is 0. The number of hydrogen-bond donors (Lipinski definition) is 1. The fourth-order valence-electron chi connectivity index (χ4n) is 2.62. The molecule has 5 heteroatoms. The van der Waals surface area contributed by atoms with Gasteiger partial charge in [0.15, 0.2) is 11.6 Å². The lowest BCUT2D eigenvalue weighted by Gasteiger charge is -2.11. The van der Waals surface area contributed by atoms with Crippen molar-refractivity contribution in [2.24, 2.45) is 0 Å². The molecule has 5 nitrogen and oxygen atoms in total. The van der Waals surface area contributed by atoms with Crippen molar-refractivity contribution in [2.45, 2.75) is 0 Å². The van der Waals surface area contributed by atoms with Crippen LogP contribution >= 0.6 is 0 Å². The second-order valence-corrected chi connectivity index (χ2v) is 5.77. The molecule has 1 N–H and O–H groups in total. The number of nitrogens with zero attached hydrogens (tertiary/aromatic N) is 1. The SMILES string of the molecule is CN(C)c1ccc(C=C2C(=O)c3ccc(C(=O)O)cc3C2=O)cc1. The Bertz CT molecular complexity index is 892. The van der Waals surface area contributed by atoms with Gasteiger partial charge in [-0.15, -0.1) is 0 Å². The van der Waals surface area contributed by atoms with Gasteiger partial charge < -0.3 is 10.0 Å². The van der Waals surface area contributed by atoms with E-state index >= 15 is 0 Å². The van der Waals surface area contributed by atoms with Crippen LogP contribution in [0.2, 0.25) is 0 Å². The van der Waals surface area contributed by atoms with Crippen LogP contribution in [0.4, 0.5) is 5.69 Å². The number of benzene rings is 2. The van der Waals surface area contributed by atoms with E-state index in [0.29, 0.717) is 0 Å². The molecular weight excluding hydrogens is 306 g/mol. The number of ketones is 2. The topological polar surface area (TPSA) is 74.7 Å². The molecule has 0 aromatic heterocycles. The Morgan fingerprint density at radius 1 is 0.958 bits per heavy atom. The summed E-state index contributed by atoms with van der Waals surface area (Å²) in [6, 6.07) is 11.4. The molecule has 120 valence electrons. The minimum Gasteiger partial charge on any atom is -0.478 e. The van der Waals surface area contributed by atoms with Crippen molar-refractivity contribution in [1.82, 2.24) is 0 Å². The average molecular weight is 321 g/mol. The van der Waals surface area contributed by atoms with E-state index in [2.05, 4.69) is 0 Å². The number of carbonyl (C=O) groups excluding carboxylic acids is 2. The summed E-state index contributed by atoms with van der Waals surface area (Å²) in [5.41, 5.74) is 2.20. The van der Waals surface area contributed by atoms with Crippen molar-refractivity contribution < 1.29 is 19.5 Å². The van der Waals surface area contributed by atoms with Crippen LogP contribution in [0, 0.1) is 0 Å². The largest absolute Gasteiger partial charge is 0.478 e. The van der Waals surface area contributed by atoms with Gasteiger partial charge in [-0.25, -0.2) is 4.79 Å². The summed E-state index contributed by atoms with van der Waals surface area (Å²) in [5.74, 6) is -1.94. The number of anilines is 1. The predicted molar refractivity (Wildman–Crippen MR) is 90.8 cm³/mol. The van der Waals surface area contributed by atoms with E-state index < -0.39 is 11.8 Å². The van der Waals surface area contributed by atoms with E-state index in [4.69, 9.17) is 5.11 Å². The highest BCUT2D eigenvalue weighted by molar-refractivity contribution is 6.41. The molecule has 0 unspecified atom stereocenters. The van der Waals surface area contributed by atoms with Crippen molar-refractivity contribution in [3.63, 3.8) is 0 Å². The first kappa shape index (κ1) is 15.7.